The van der Waals surface area contributed by atoms with Crippen molar-refractivity contribution in [2.24, 2.45) is 5.92 Å². The first-order valence-electron chi connectivity index (χ1n) is 8.23. The van der Waals surface area contributed by atoms with E-state index in [1.54, 1.807) is 0 Å². The highest BCUT2D eigenvalue weighted by atomic mass is 32.2. The van der Waals surface area contributed by atoms with Gasteiger partial charge in [-0.25, -0.2) is 0 Å². The number of carbonyl (C=O) groups is 2. The van der Waals surface area contributed by atoms with E-state index >= 15 is 0 Å². The molecule has 5 heteroatoms. The Morgan fingerprint density at radius 3 is 2.43 bits per heavy atom. The van der Waals surface area contributed by atoms with Gasteiger partial charge in [0.05, 0.1) is 4.87 Å². The van der Waals surface area contributed by atoms with Crippen LogP contribution in [0.3, 0.4) is 0 Å². The van der Waals surface area contributed by atoms with Gasteiger partial charge < -0.3 is 9.80 Å². The molecule has 0 aromatic carbocycles. The zero-order chi connectivity index (χ0) is 15.5. The van der Waals surface area contributed by atoms with Gasteiger partial charge in [0.1, 0.15) is 0 Å². The third kappa shape index (κ3) is 3.55. The van der Waals surface area contributed by atoms with Crippen molar-refractivity contribution in [2.45, 2.75) is 57.7 Å². The molecule has 1 spiro atoms. The van der Waals surface area contributed by atoms with Crippen molar-refractivity contribution in [3.63, 3.8) is 0 Å². The minimum absolute atomic E-state index is 0.0388. The summed E-state index contributed by atoms with van der Waals surface area (Å²) >= 11 is 1.92. The summed E-state index contributed by atoms with van der Waals surface area (Å²) in [4.78, 5) is 28.6. The average Bonchev–Trinajstić information content (AvgIpc) is 2.87. The van der Waals surface area contributed by atoms with Crippen molar-refractivity contribution < 1.29 is 9.59 Å². The van der Waals surface area contributed by atoms with Gasteiger partial charge >= 0.3 is 0 Å². The standard InChI is InChI=1S/C16H28N2O2S/c1-4-5-6-14(19)17-9-7-16(8-10-17)18(11-12-21-16)15(20)13(2)3/h13H,4-12H2,1-3H3. The highest BCUT2D eigenvalue weighted by molar-refractivity contribution is 8.00. The quantitative estimate of drug-likeness (QED) is 0.801. The van der Waals surface area contributed by atoms with E-state index in [4.69, 9.17) is 0 Å². The van der Waals surface area contributed by atoms with Gasteiger partial charge in [0, 0.05) is 37.7 Å². The second-order valence-corrected chi connectivity index (χ2v) is 7.88. The zero-order valence-electron chi connectivity index (χ0n) is 13.6. The molecule has 0 radical (unpaired) electrons. The molecule has 0 saturated carbocycles. The summed E-state index contributed by atoms with van der Waals surface area (Å²) in [6.45, 7) is 8.54. The molecule has 0 unspecified atom stereocenters. The number of nitrogens with zero attached hydrogens (tertiary/aromatic N) is 2. The van der Waals surface area contributed by atoms with Crippen LogP contribution < -0.4 is 0 Å². The van der Waals surface area contributed by atoms with Gasteiger partial charge in [-0.05, 0) is 19.3 Å². The Hall–Kier alpha value is -0.710. The Bertz CT molecular complexity index is 390. The Morgan fingerprint density at radius 1 is 1.19 bits per heavy atom. The van der Waals surface area contributed by atoms with Crippen LogP contribution in [0.1, 0.15) is 52.9 Å². The maximum Gasteiger partial charge on any atom is 0.226 e. The van der Waals surface area contributed by atoms with E-state index in [-0.39, 0.29) is 22.6 Å². The number of unbranched alkanes of at least 4 members (excludes halogenated alkanes) is 1. The molecular weight excluding hydrogens is 284 g/mol. The normalized spacial score (nSPS) is 21.3. The third-order valence-corrected chi connectivity index (χ3v) is 6.13. The minimum Gasteiger partial charge on any atom is -0.342 e. The van der Waals surface area contributed by atoms with E-state index in [1.165, 1.54) is 0 Å². The average molecular weight is 312 g/mol. The summed E-state index contributed by atoms with van der Waals surface area (Å²) in [6.07, 6.45) is 4.57. The molecular formula is C16H28N2O2S. The molecule has 120 valence electrons. The number of amides is 2. The molecule has 4 nitrogen and oxygen atoms in total. The van der Waals surface area contributed by atoms with Crippen LogP contribution in [0.4, 0.5) is 0 Å². The van der Waals surface area contributed by atoms with Crippen LogP contribution in [0, 0.1) is 5.92 Å². The van der Waals surface area contributed by atoms with E-state index < -0.39 is 0 Å². The zero-order valence-corrected chi connectivity index (χ0v) is 14.4. The smallest absolute Gasteiger partial charge is 0.226 e. The summed E-state index contributed by atoms with van der Waals surface area (Å²) in [5, 5.41) is 0. The molecule has 2 aliphatic heterocycles. The molecule has 0 atom stereocenters. The molecule has 2 fully saturated rings. The molecule has 0 bridgehead atoms. The van der Waals surface area contributed by atoms with Gasteiger partial charge in [-0.15, -0.1) is 11.8 Å². The molecule has 0 aromatic heterocycles. The minimum atomic E-state index is -0.0388. The van der Waals surface area contributed by atoms with E-state index in [0.717, 1.165) is 51.1 Å². The van der Waals surface area contributed by atoms with Gasteiger partial charge in [-0.1, -0.05) is 27.2 Å². The first-order chi connectivity index (χ1) is 10.00. The Kier molecular flexibility index (Phi) is 5.58. The fourth-order valence-electron chi connectivity index (χ4n) is 3.24. The van der Waals surface area contributed by atoms with E-state index in [2.05, 4.69) is 11.8 Å². The maximum atomic E-state index is 12.4. The molecule has 0 aliphatic carbocycles. The fourth-order valence-corrected chi connectivity index (χ4v) is 4.70. The van der Waals surface area contributed by atoms with Crippen LogP contribution in [0.25, 0.3) is 0 Å². The summed E-state index contributed by atoms with van der Waals surface area (Å²) in [6, 6.07) is 0. The number of hydrogen-bond donors (Lipinski definition) is 0. The van der Waals surface area contributed by atoms with Crippen LogP contribution in [0.2, 0.25) is 0 Å². The van der Waals surface area contributed by atoms with Crippen LogP contribution in [0.5, 0.6) is 0 Å². The molecule has 2 heterocycles. The van der Waals surface area contributed by atoms with E-state index in [9.17, 15) is 9.59 Å². The predicted octanol–water partition coefficient (Wildman–Crippen LogP) is 2.73. The molecule has 0 N–H and O–H groups in total. The van der Waals surface area contributed by atoms with Gasteiger partial charge in [-0.2, -0.15) is 0 Å². The monoisotopic (exact) mass is 312 g/mol. The van der Waals surface area contributed by atoms with Crippen molar-refractivity contribution in [1.29, 1.82) is 0 Å². The van der Waals surface area contributed by atoms with Crippen LogP contribution >= 0.6 is 11.8 Å². The maximum absolute atomic E-state index is 12.4. The Balaban J connectivity index is 1.95. The van der Waals surface area contributed by atoms with Crippen molar-refractivity contribution in [1.82, 2.24) is 9.80 Å². The Labute approximate surface area is 132 Å². The van der Waals surface area contributed by atoms with Crippen molar-refractivity contribution >= 4 is 23.6 Å². The highest BCUT2D eigenvalue weighted by Crippen LogP contribution is 2.44. The van der Waals surface area contributed by atoms with Crippen molar-refractivity contribution in [2.75, 3.05) is 25.4 Å². The summed E-state index contributed by atoms with van der Waals surface area (Å²) in [7, 11) is 0. The Morgan fingerprint density at radius 2 is 1.86 bits per heavy atom. The lowest BCUT2D eigenvalue weighted by Crippen LogP contribution is -2.54. The molecule has 2 amide bonds. The van der Waals surface area contributed by atoms with Crippen molar-refractivity contribution in [3.8, 4) is 0 Å². The molecule has 2 aliphatic rings. The van der Waals surface area contributed by atoms with Crippen LogP contribution in [-0.4, -0.2) is 51.9 Å². The molecule has 21 heavy (non-hydrogen) atoms. The molecule has 0 aromatic rings. The second-order valence-electron chi connectivity index (χ2n) is 6.42. The lowest BCUT2D eigenvalue weighted by Gasteiger charge is -2.44. The highest BCUT2D eigenvalue weighted by Gasteiger charge is 2.47. The van der Waals surface area contributed by atoms with E-state index in [1.807, 2.05) is 30.5 Å². The SMILES string of the molecule is CCCCC(=O)N1CCC2(CC1)SCCN2C(=O)C(C)C. The van der Waals surface area contributed by atoms with Gasteiger partial charge in [0.15, 0.2) is 0 Å². The number of likely N-dealkylation sites (tertiary alicyclic amines) is 1. The predicted molar refractivity (Wildman–Crippen MR) is 87.1 cm³/mol. The lowest BCUT2D eigenvalue weighted by atomic mass is 10.00. The van der Waals surface area contributed by atoms with Gasteiger partial charge in [-0.3, -0.25) is 9.59 Å². The number of thioether (sulfide) groups is 1. The largest absolute Gasteiger partial charge is 0.342 e. The second kappa shape index (κ2) is 7.03. The number of carbonyl (C=O) groups excluding carboxylic acids is 2. The first kappa shape index (κ1) is 16.7. The molecule has 2 rings (SSSR count). The number of rotatable bonds is 4. The van der Waals surface area contributed by atoms with Crippen molar-refractivity contribution in [3.05, 3.63) is 0 Å². The number of hydrogen-bond acceptors (Lipinski definition) is 3. The third-order valence-electron chi connectivity index (χ3n) is 4.58. The summed E-state index contributed by atoms with van der Waals surface area (Å²) in [5.41, 5.74) is 0. The van der Waals surface area contributed by atoms with Gasteiger partial charge in [0.25, 0.3) is 0 Å². The van der Waals surface area contributed by atoms with Crippen LogP contribution in [-0.2, 0) is 9.59 Å². The summed E-state index contributed by atoms with van der Waals surface area (Å²) < 4.78 is 0. The first-order valence-corrected chi connectivity index (χ1v) is 9.22. The molecule has 2 saturated heterocycles. The van der Waals surface area contributed by atoms with Gasteiger partial charge in [0.2, 0.25) is 11.8 Å². The number of piperidine rings is 1. The van der Waals surface area contributed by atoms with Crippen LogP contribution in [0.15, 0.2) is 0 Å². The lowest BCUT2D eigenvalue weighted by molar-refractivity contribution is -0.139. The fraction of sp³-hybridized carbons (Fsp3) is 0.875. The topological polar surface area (TPSA) is 40.6 Å². The van der Waals surface area contributed by atoms with E-state index in [0.29, 0.717) is 6.42 Å². The summed E-state index contributed by atoms with van der Waals surface area (Å²) in [5.74, 6) is 1.65.